The maximum atomic E-state index is 11.8. The van der Waals surface area contributed by atoms with Crippen LogP contribution < -0.4 is 10.2 Å². The lowest BCUT2D eigenvalue weighted by Crippen LogP contribution is -2.18. The summed E-state index contributed by atoms with van der Waals surface area (Å²) in [7, 11) is 0. The highest BCUT2D eigenvalue weighted by atomic mass is 16.6. The number of imidazole rings is 1. The lowest BCUT2D eigenvalue weighted by atomic mass is 10.2. The van der Waals surface area contributed by atoms with Gasteiger partial charge in [-0.1, -0.05) is 18.2 Å². The Bertz CT molecular complexity index is 943. The van der Waals surface area contributed by atoms with Gasteiger partial charge in [-0.2, -0.15) is 0 Å². The predicted octanol–water partition coefficient (Wildman–Crippen LogP) is 2.78. The standard InChI is InChI=1S/C18H19N7O2/c26-25(27)16-17(20-7-3-9-23-11-8-19-13-23)21-12-22-18(16)24-10-6-14-4-1-2-5-15(14)24/h1-2,4-5,8,11-13H,3,6-7,9-10H2,(H,20,21,22). The zero-order chi connectivity index (χ0) is 18.6. The van der Waals surface area contributed by atoms with Gasteiger partial charge in [-0.3, -0.25) is 10.1 Å². The number of aryl methyl sites for hydroxylation is 1. The summed E-state index contributed by atoms with van der Waals surface area (Å²) < 4.78 is 1.96. The number of nitrogens with zero attached hydrogens (tertiary/aromatic N) is 6. The normalized spacial score (nSPS) is 12.8. The van der Waals surface area contributed by atoms with Crippen molar-refractivity contribution in [3.8, 4) is 0 Å². The number of hydrogen-bond donors (Lipinski definition) is 1. The molecule has 9 heteroatoms. The van der Waals surface area contributed by atoms with Gasteiger partial charge in [0, 0.05) is 37.7 Å². The number of fused-ring (bicyclic) bond motifs is 1. The number of para-hydroxylation sites is 1. The topological polar surface area (TPSA) is 102 Å². The van der Waals surface area contributed by atoms with Crippen LogP contribution in [0.25, 0.3) is 0 Å². The second kappa shape index (κ2) is 7.40. The first-order valence-electron chi connectivity index (χ1n) is 8.78. The van der Waals surface area contributed by atoms with E-state index in [4.69, 9.17) is 0 Å². The van der Waals surface area contributed by atoms with E-state index >= 15 is 0 Å². The van der Waals surface area contributed by atoms with Crippen molar-refractivity contribution in [3.63, 3.8) is 0 Å². The van der Waals surface area contributed by atoms with Gasteiger partial charge < -0.3 is 14.8 Å². The van der Waals surface area contributed by atoms with Crippen molar-refractivity contribution < 1.29 is 4.92 Å². The van der Waals surface area contributed by atoms with Crippen LogP contribution in [0, 0.1) is 10.1 Å². The number of benzene rings is 1. The Hall–Kier alpha value is -3.49. The fraction of sp³-hybridized carbons (Fsp3) is 0.278. The van der Waals surface area contributed by atoms with E-state index < -0.39 is 4.92 Å². The first-order chi connectivity index (χ1) is 13.2. The molecule has 4 rings (SSSR count). The molecule has 27 heavy (non-hydrogen) atoms. The van der Waals surface area contributed by atoms with E-state index in [2.05, 4.69) is 20.3 Å². The summed E-state index contributed by atoms with van der Waals surface area (Å²) in [5, 5.41) is 14.9. The zero-order valence-corrected chi connectivity index (χ0v) is 14.7. The van der Waals surface area contributed by atoms with Crippen molar-refractivity contribution >= 4 is 23.0 Å². The number of aromatic nitrogens is 4. The van der Waals surface area contributed by atoms with E-state index in [1.807, 2.05) is 39.9 Å². The van der Waals surface area contributed by atoms with Gasteiger partial charge in [-0.25, -0.2) is 15.0 Å². The second-order valence-electron chi connectivity index (χ2n) is 6.26. The molecule has 0 saturated heterocycles. The van der Waals surface area contributed by atoms with Gasteiger partial charge in [-0.05, 0) is 24.5 Å². The van der Waals surface area contributed by atoms with Crippen LogP contribution in [0.2, 0.25) is 0 Å². The second-order valence-corrected chi connectivity index (χ2v) is 6.26. The van der Waals surface area contributed by atoms with Gasteiger partial charge in [0.25, 0.3) is 0 Å². The van der Waals surface area contributed by atoms with Crippen LogP contribution in [0.1, 0.15) is 12.0 Å². The summed E-state index contributed by atoms with van der Waals surface area (Å²) >= 11 is 0. The highest BCUT2D eigenvalue weighted by molar-refractivity contribution is 5.78. The molecular weight excluding hydrogens is 346 g/mol. The van der Waals surface area contributed by atoms with Crippen molar-refractivity contribution in [2.75, 3.05) is 23.3 Å². The minimum atomic E-state index is -0.408. The molecule has 1 aromatic carbocycles. The van der Waals surface area contributed by atoms with Crippen LogP contribution in [0.15, 0.2) is 49.3 Å². The Labute approximate surface area is 155 Å². The van der Waals surface area contributed by atoms with Crippen molar-refractivity contribution in [2.24, 2.45) is 0 Å². The molecule has 0 radical (unpaired) electrons. The van der Waals surface area contributed by atoms with Crippen molar-refractivity contribution in [1.82, 2.24) is 19.5 Å². The number of nitro groups is 1. The Morgan fingerprint density at radius 2 is 2.15 bits per heavy atom. The van der Waals surface area contributed by atoms with Crippen molar-refractivity contribution in [3.05, 3.63) is 65.0 Å². The van der Waals surface area contributed by atoms with E-state index in [0.29, 0.717) is 18.9 Å². The maximum Gasteiger partial charge on any atom is 0.353 e. The molecule has 0 spiro atoms. The summed E-state index contributed by atoms with van der Waals surface area (Å²) in [6.45, 7) is 2.00. The highest BCUT2D eigenvalue weighted by Crippen LogP contribution is 2.39. The molecule has 1 aliphatic heterocycles. The van der Waals surface area contributed by atoms with Crippen LogP contribution in [-0.2, 0) is 13.0 Å². The summed E-state index contributed by atoms with van der Waals surface area (Å²) in [5.74, 6) is 0.581. The average Bonchev–Trinajstić information content (AvgIpc) is 3.34. The quantitative estimate of drug-likeness (QED) is 0.390. The van der Waals surface area contributed by atoms with Gasteiger partial charge in [-0.15, -0.1) is 0 Å². The van der Waals surface area contributed by atoms with Gasteiger partial charge >= 0.3 is 5.69 Å². The molecule has 0 aliphatic carbocycles. The van der Waals surface area contributed by atoms with Crippen LogP contribution in [0.3, 0.4) is 0 Å². The predicted molar refractivity (Wildman–Crippen MR) is 101 cm³/mol. The number of anilines is 3. The Kier molecular flexibility index (Phi) is 4.65. The summed E-state index contributed by atoms with van der Waals surface area (Å²) in [4.78, 5) is 25.6. The number of nitrogens with one attached hydrogen (secondary N) is 1. The summed E-state index contributed by atoms with van der Waals surface area (Å²) in [6, 6.07) is 7.91. The van der Waals surface area contributed by atoms with Crippen LogP contribution in [0.4, 0.5) is 23.0 Å². The third kappa shape index (κ3) is 3.43. The molecule has 9 nitrogen and oxygen atoms in total. The van der Waals surface area contributed by atoms with E-state index in [1.165, 1.54) is 11.9 Å². The fourth-order valence-corrected chi connectivity index (χ4v) is 3.31. The molecule has 2 aromatic heterocycles. The smallest absolute Gasteiger partial charge is 0.353 e. The molecule has 3 aromatic rings. The van der Waals surface area contributed by atoms with E-state index in [1.54, 1.807) is 12.5 Å². The fourth-order valence-electron chi connectivity index (χ4n) is 3.31. The molecule has 0 fully saturated rings. The van der Waals surface area contributed by atoms with Crippen molar-refractivity contribution in [2.45, 2.75) is 19.4 Å². The molecule has 1 aliphatic rings. The molecule has 0 unspecified atom stereocenters. The Morgan fingerprint density at radius 1 is 1.26 bits per heavy atom. The first kappa shape index (κ1) is 17.0. The molecule has 0 amide bonds. The monoisotopic (exact) mass is 365 g/mol. The SMILES string of the molecule is O=[N+]([O-])c1c(NCCCn2ccnc2)ncnc1N1CCc2ccccc21. The van der Waals surface area contributed by atoms with E-state index in [9.17, 15) is 10.1 Å². The molecule has 138 valence electrons. The van der Waals surface area contributed by atoms with Crippen LogP contribution >= 0.6 is 0 Å². The number of hydrogen-bond acceptors (Lipinski definition) is 7. The minimum Gasteiger partial charge on any atom is -0.364 e. The molecule has 1 N–H and O–H groups in total. The van der Waals surface area contributed by atoms with Gasteiger partial charge in [0.15, 0.2) is 0 Å². The third-order valence-corrected chi connectivity index (χ3v) is 4.57. The van der Waals surface area contributed by atoms with Crippen molar-refractivity contribution in [1.29, 1.82) is 0 Å². The van der Waals surface area contributed by atoms with Crippen LogP contribution in [-0.4, -0.2) is 37.5 Å². The van der Waals surface area contributed by atoms with E-state index in [-0.39, 0.29) is 11.5 Å². The van der Waals surface area contributed by atoms with Gasteiger partial charge in [0.1, 0.15) is 6.33 Å². The number of rotatable bonds is 7. The summed E-state index contributed by atoms with van der Waals surface area (Å²) in [5.41, 5.74) is 2.04. The van der Waals surface area contributed by atoms with Gasteiger partial charge in [0.05, 0.1) is 11.3 Å². The molecular formula is C18H19N7O2. The lowest BCUT2D eigenvalue weighted by Gasteiger charge is -2.19. The van der Waals surface area contributed by atoms with Crippen LogP contribution in [0.5, 0.6) is 0 Å². The zero-order valence-electron chi connectivity index (χ0n) is 14.7. The molecule has 0 bridgehead atoms. The first-order valence-corrected chi connectivity index (χ1v) is 8.78. The highest BCUT2D eigenvalue weighted by Gasteiger charge is 2.31. The molecule has 0 atom stereocenters. The molecule has 0 saturated carbocycles. The van der Waals surface area contributed by atoms with E-state index in [0.717, 1.165) is 25.1 Å². The largest absolute Gasteiger partial charge is 0.364 e. The summed E-state index contributed by atoms with van der Waals surface area (Å²) in [6.07, 6.45) is 8.36. The Balaban J connectivity index is 1.55. The third-order valence-electron chi connectivity index (χ3n) is 4.57. The average molecular weight is 365 g/mol. The minimum absolute atomic E-state index is 0.0863. The maximum absolute atomic E-state index is 11.8. The Morgan fingerprint density at radius 3 is 2.96 bits per heavy atom. The van der Waals surface area contributed by atoms with Gasteiger partial charge in [0.2, 0.25) is 11.6 Å². The molecule has 3 heterocycles. The lowest BCUT2D eigenvalue weighted by molar-refractivity contribution is -0.383.